The van der Waals surface area contributed by atoms with Crippen LogP contribution in [0.25, 0.3) is 0 Å². The number of nitrogens with zero attached hydrogens (tertiary/aromatic N) is 1. The first-order valence-electron chi connectivity index (χ1n) is 5.50. The first-order valence-corrected chi connectivity index (χ1v) is 7.97. The van der Waals surface area contributed by atoms with Crippen LogP contribution in [0.4, 0.5) is 0 Å². The molecular weight excluding hydrogens is 272 g/mol. The molecule has 1 heterocycles. The molecule has 1 aromatic heterocycles. The highest BCUT2D eigenvalue weighted by Gasteiger charge is 2.23. The maximum Gasteiger partial charge on any atom is 0.239 e. The molecule has 0 aromatic carbocycles. The molecule has 0 aliphatic rings. The third-order valence-corrected chi connectivity index (χ3v) is 5.19. The first kappa shape index (κ1) is 15.1. The standard InChI is InChI=1S/C11H18N2O3S2/c1-8-5-6-10(17-8)9(2)13(4)11(14)7-18(15,16)12-3/h5-6,9,12H,7H2,1-4H3. The molecule has 1 unspecified atom stereocenters. The number of carbonyl (C=O) groups is 1. The molecule has 0 radical (unpaired) electrons. The SMILES string of the molecule is CNS(=O)(=O)CC(=O)N(C)C(C)c1ccc(C)s1. The fourth-order valence-electron chi connectivity index (χ4n) is 1.42. The summed E-state index contributed by atoms with van der Waals surface area (Å²) in [4.78, 5) is 15.5. The number of hydrogen-bond acceptors (Lipinski definition) is 4. The molecule has 0 aliphatic heterocycles. The lowest BCUT2D eigenvalue weighted by Crippen LogP contribution is -2.37. The molecule has 1 rings (SSSR count). The summed E-state index contributed by atoms with van der Waals surface area (Å²) in [6.45, 7) is 3.88. The normalized spacial score (nSPS) is 13.3. The molecule has 1 atom stereocenters. The van der Waals surface area contributed by atoms with Crippen LogP contribution in [0.1, 0.15) is 22.7 Å². The largest absolute Gasteiger partial charge is 0.337 e. The predicted octanol–water partition coefficient (Wildman–Crippen LogP) is 1.13. The van der Waals surface area contributed by atoms with Gasteiger partial charge in [0.15, 0.2) is 0 Å². The van der Waals surface area contributed by atoms with Crippen molar-refractivity contribution in [2.75, 3.05) is 19.8 Å². The van der Waals surface area contributed by atoms with Crippen molar-refractivity contribution in [2.45, 2.75) is 19.9 Å². The minimum Gasteiger partial charge on any atom is -0.337 e. The van der Waals surface area contributed by atoms with Crippen molar-refractivity contribution in [1.82, 2.24) is 9.62 Å². The lowest BCUT2D eigenvalue weighted by atomic mass is 10.2. The predicted molar refractivity (Wildman–Crippen MR) is 73.1 cm³/mol. The Morgan fingerprint density at radius 1 is 1.50 bits per heavy atom. The highest BCUT2D eigenvalue weighted by atomic mass is 32.2. The Kier molecular flexibility index (Phi) is 4.89. The van der Waals surface area contributed by atoms with Gasteiger partial charge in [-0.15, -0.1) is 11.3 Å². The molecule has 1 aromatic rings. The summed E-state index contributed by atoms with van der Waals surface area (Å²) in [5.74, 6) is -0.933. The third kappa shape index (κ3) is 3.79. The molecule has 0 bridgehead atoms. The quantitative estimate of drug-likeness (QED) is 0.884. The maximum atomic E-state index is 11.9. The summed E-state index contributed by atoms with van der Waals surface area (Å²) in [5.41, 5.74) is 0. The van der Waals surface area contributed by atoms with E-state index in [1.807, 2.05) is 26.0 Å². The van der Waals surface area contributed by atoms with E-state index in [1.165, 1.54) is 16.8 Å². The van der Waals surface area contributed by atoms with Crippen LogP contribution >= 0.6 is 11.3 Å². The highest BCUT2D eigenvalue weighted by Crippen LogP contribution is 2.26. The Labute approximate surface area is 112 Å². The van der Waals surface area contributed by atoms with Gasteiger partial charge in [0.05, 0.1) is 6.04 Å². The molecule has 1 amide bonds. The lowest BCUT2D eigenvalue weighted by molar-refractivity contribution is -0.129. The monoisotopic (exact) mass is 290 g/mol. The van der Waals surface area contributed by atoms with Crippen LogP contribution in [0.3, 0.4) is 0 Å². The average Bonchev–Trinajstić information content (AvgIpc) is 2.73. The molecule has 18 heavy (non-hydrogen) atoms. The van der Waals surface area contributed by atoms with E-state index in [0.29, 0.717) is 0 Å². The van der Waals surface area contributed by atoms with E-state index in [0.717, 1.165) is 4.88 Å². The summed E-state index contributed by atoms with van der Waals surface area (Å²) in [6.07, 6.45) is 0. The van der Waals surface area contributed by atoms with Gasteiger partial charge in [-0.2, -0.15) is 0 Å². The van der Waals surface area contributed by atoms with Gasteiger partial charge in [0, 0.05) is 16.8 Å². The van der Waals surface area contributed by atoms with Crippen LogP contribution in [0.5, 0.6) is 0 Å². The van der Waals surface area contributed by atoms with E-state index in [-0.39, 0.29) is 6.04 Å². The molecule has 5 nitrogen and oxygen atoms in total. The number of thiophene rings is 1. The van der Waals surface area contributed by atoms with Crippen LogP contribution in [0.2, 0.25) is 0 Å². The number of aryl methyl sites for hydroxylation is 1. The van der Waals surface area contributed by atoms with Gasteiger partial charge in [-0.25, -0.2) is 13.1 Å². The van der Waals surface area contributed by atoms with Gasteiger partial charge in [0.2, 0.25) is 15.9 Å². The van der Waals surface area contributed by atoms with Gasteiger partial charge in [-0.1, -0.05) is 0 Å². The van der Waals surface area contributed by atoms with Crippen molar-refractivity contribution in [3.05, 3.63) is 21.9 Å². The molecule has 0 fully saturated rings. The fourth-order valence-corrected chi connectivity index (χ4v) is 3.07. The number of sulfonamides is 1. The second kappa shape index (κ2) is 5.81. The molecule has 102 valence electrons. The summed E-state index contributed by atoms with van der Waals surface area (Å²) in [6, 6.07) is 3.82. The van der Waals surface area contributed by atoms with Crippen molar-refractivity contribution in [3.63, 3.8) is 0 Å². The second-order valence-electron chi connectivity index (χ2n) is 4.09. The van der Waals surface area contributed by atoms with Gasteiger partial charge in [-0.3, -0.25) is 4.79 Å². The maximum absolute atomic E-state index is 11.9. The van der Waals surface area contributed by atoms with Crippen molar-refractivity contribution in [1.29, 1.82) is 0 Å². The minimum atomic E-state index is -3.51. The van der Waals surface area contributed by atoms with Crippen LogP contribution in [0.15, 0.2) is 12.1 Å². The Bertz CT molecular complexity index is 522. The Morgan fingerprint density at radius 3 is 2.56 bits per heavy atom. The van der Waals surface area contributed by atoms with Gasteiger partial charge in [0.25, 0.3) is 0 Å². The van der Waals surface area contributed by atoms with Gasteiger partial charge in [-0.05, 0) is 33.0 Å². The molecule has 0 spiro atoms. The van der Waals surface area contributed by atoms with Crippen molar-refractivity contribution >= 4 is 27.3 Å². The first-order chi connectivity index (χ1) is 8.26. The average molecular weight is 290 g/mol. The summed E-state index contributed by atoms with van der Waals surface area (Å²) in [5, 5.41) is 0. The molecular formula is C11H18N2O3S2. The third-order valence-electron chi connectivity index (χ3n) is 2.77. The van der Waals surface area contributed by atoms with Crippen LogP contribution in [-0.2, 0) is 14.8 Å². The van der Waals surface area contributed by atoms with Gasteiger partial charge < -0.3 is 4.90 Å². The van der Waals surface area contributed by atoms with Gasteiger partial charge in [0.1, 0.15) is 5.75 Å². The van der Waals surface area contributed by atoms with Crippen LogP contribution in [0, 0.1) is 6.92 Å². The Balaban J connectivity index is 2.75. The van der Waals surface area contributed by atoms with E-state index in [9.17, 15) is 13.2 Å². The van der Waals surface area contributed by atoms with Crippen molar-refractivity contribution in [2.24, 2.45) is 0 Å². The van der Waals surface area contributed by atoms with E-state index < -0.39 is 21.7 Å². The fraction of sp³-hybridized carbons (Fsp3) is 0.545. The van der Waals surface area contributed by atoms with E-state index in [1.54, 1.807) is 18.4 Å². The molecule has 1 N–H and O–H groups in total. The highest BCUT2D eigenvalue weighted by molar-refractivity contribution is 7.90. The molecule has 0 aliphatic carbocycles. The molecule has 0 saturated carbocycles. The van der Waals surface area contributed by atoms with Crippen LogP contribution < -0.4 is 4.72 Å². The lowest BCUT2D eigenvalue weighted by Gasteiger charge is -2.24. The summed E-state index contributed by atoms with van der Waals surface area (Å²) >= 11 is 1.61. The summed E-state index contributed by atoms with van der Waals surface area (Å²) < 4.78 is 24.8. The smallest absolute Gasteiger partial charge is 0.239 e. The van der Waals surface area contributed by atoms with E-state index in [2.05, 4.69) is 4.72 Å². The van der Waals surface area contributed by atoms with Crippen molar-refractivity contribution in [3.8, 4) is 0 Å². The Hall–Kier alpha value is -0.920. The number of rotatable bonds is 5. The zero-order valence-electron chi connectivity index (χ0n) is 10.9. The number of carbonyl (C=O) groups excluding carboxylic acids is 1. The van der Waals surface area contributed by atoms with E-state index >= 15 is 0 Å². The number of hydrogen-bond donors (Lipinski definition) is 1. The number of amides is 1. The Morgan fingerprint density at radius 2 is 2.11 bits per heavy atom. The summed E-state index contributed by atoms with van der Waals surface area (Å²) in [7, 11) is -0.593. The minimum absolute atomic E-state index is 0.122. The second-order valence-corrected chi connectivity index (χ2v) is 7.34. The molecule has 7 heteroatoms. The van der Waals surface area contributed by atoms with E-state index in [4.69, 9.17) is 0 Å². The zero-order valence-corrected chi connectivity index (χ0v) is 12.6. The number of nitrogens with one attached hydrogen (secondary N) is 1. The molecule has 0 saturated heterocycles. The van der Waals surface area contributed by atoms with Gasteiger partial charge >= 0.3 is 0 Å². The van der Waals surface area contributed by atoms with Crippen molar-refractivity contribution < 1.29 is 13.2 Å². The topological polar surface area (TPSA) is 66.5 Å². The zero-order chi connectivity index (χ0) is 13.9. The van der Waals surface area contributed by atoms with Crippen LogP contribution in [-0.4, -0.2) is 39.1 Å².